The van der Waals surface area contributed by atoms with Gasteiger partial charge in [-0.05, 0) is 31.2 Å². The van der Waals surface area contributed by atoms with Crippen LogP contribution in [0.4, 0.5) is 5.69 Å². The Bertz CT molecular complexity index is 857. The number of rotatable bonds is 3. The number of carbonyl (C=O) groups is 1. The molecule has 0 aliphatic carbocycles. The highest BCUT2D eigenvalue weighted by molar-refractivity contribution is 7.92. The summed E-state index contributed by atoms with van der Waals surface area (Å²) in [5.74, 6) is 0.306. The molecule has 2 aromatic rings. The van der Waals surface area contributed by atoms with Gasteiger partial charge < -0.3 is 4.74 Å². The van der Waals surface area contributed by atoms with E-state index in [0.717, 1.165) is 5.56 Å². The van der Waals surface area contributed by atoms with E-state index in [4.69, 9.17) is 4.74 Å². The van der Waals surface area contributed by atoms with Gasteiger partial charge in [-0.15, -0.1) is 0 Å². The second-order valence-electron chi connectivity index (χ2n) is 5.42. The molecule has 0 saturated carbocycles. The number of carbonyl (C=O) groups excluding carboxylic acids is 1. The van der Waals surface area contributed by atoms with Crippen LogP contribution in [0.3, 0.4) is 0 Å². The van der Waals surface area contributed by atoms with Crippen molar-refractivity contribution in [2.45, 2.75) is 18.2 Å². The number of Topliss-reactive ketones (excluding diaryl/α,β-unsaturated/α-hetero) is 1. The van der Waals surface area contributed by atoms with E-state index in [9.17, 15) is 13.2 Å². The number of fused-ring (bicyclic) bond motifs is 1. The minimum atomic E-state index is -3.75. The Hall–Kier alpha value is -2.34. The quantitative estimate of drug-likeness (QED) is 0.867. The van der Waals surface area contributed by atoms with Gasteiger partial charge in [0.15, 0.2) is 5.78 Å². The molecule has 0 spiro atoms. The zero-order valence-corrected chi connectivity index (χ0v) is 13.8. The maximum atomic E-state index is 13.0. The molecule has 1 heterocycles. The number of ether oxygens (including phenoxy) is 1. The number of anilines is 1. The normalized spacial score (nSPS) is 14.5. The van der Waals surface area contributed by atoms with E-state index in [1.165, 1.54) is 11.4 Å². The van der Waals surface area contributed by atoms with Crippen LogP contribution in [-0.2, 0) is 10.0 Å². The van der Waals surface area contributed by atoms with Crippen molar-refractivity contribution in [3.63, 3.8) is 0 Å². The Morgan fingerprint density at radius 2 is 1.78 bits per heavy atom. The van der Waals surface area contributed by atoms with Gasteiger partial charge in [0.25, 0.3) is 10.0 Å². The first-order valence-electron chi connectivity index (χ1n) is 7.25. The molecule has 5 nitrogen and oxygen atoms in total. The lowest BCUT2D eigenvalue weighted by atomic mass is 10.0. The van der Waals surface area contributed by atoms with Crippen LogP contribution in [0.15, 0.2) is 47.4 Å². The summed E-state index contributed by atoms with van der Waals surface area (Å²) in [6.45, 7) is 2.01. The molecule has 0 unspecified atom stereocenters. The van der Waals surface area contributed by atoms with Crippen LogP contribution in [0.1, 0.15) is 22.3 Å². The third kappa shape index (κ3) is 2.59. The average molecular weight is 331 g/mol. The molecule has 3 rings (SSSR count). The Morgan fingerprint density at radius 3 is 2.43 bits per heavy atom. The molecule has 120 valence electrons. The van der Waals surface area contributed by atoms with Crippen molar-refractivity contribution in [3.8, 4) is 5.75 Å². The third-order valence-corrected chi connectivity index (χ3v) is 5.73. The Labute approximate surface area is 135 Å². The fourth-order valence-electron chi connectivity index (χ4n) is 2.70. The second kappa shape index (κ2) is 5.70. The summed E-state index contributed by atoms with van der Waals surface area (Å²) in [5.41, 5.74) is 1.69. The number of hydrogen-bond donors (Lipinski definition) is 0. The number of aryl methyl sites for hydroxylation is 1. The summed E-state index contributed by atoms with van der Waals surface area (Å²) < 4.78 is 32.5. The predicted octanol–water partition coefficient (Wildman–Crippen LogP) is 2.79. The highest BCUT2D eigenvalue weighted by atomic mass is 32.2. The Morgan fingerprint density at radius 1 is 1.09 bits per heavy atom. The monoisotopic (exact) mass is 331 g/mol. The first-order chi connectivity index (χ1) is 10.9. The maximum absolute atomic E-state index is 13.0. The first-order valence-corrected chi connectivity index (χ1v) is 8.69. The van der Waals surface area contributed by atoms with E-state index in [-0.39, 0.29) is 23.6 Å². The van der Waals surface area contributed by atoms with E-state index in [0.29, 0.717) is 17.0 Å². The zero-order valence-electron chi connectivity index (χ0n) is 12.9. The lowest BCUT2D eigenvalue weighted by molar-refractivity contribution is 0.0981. The van der Waals surface area contributed by atoms with E-state index >= 15 is 0 Å². The summed E-state index contributed by atoms with van der Waals surface area (Å²) in [4.78, 5) is 12.3. The minimum absolute atomic E-state index is 0.0748. The molecular formula is C17H17NO4S. The second-order valence-corrected chi connectivity index (χ2v) is 7.28. The van der Waals surface area contributed by atoms with Crippen LogP contribution < -0.4 is 9.04 Å². The first kappa shape index (κ1) is 15.6. The summed E-state index contributed by atoms with van der Waals surface area (Å²) >= 11 is 0. The number of nitrogens with zero attached hydrogens (tertiary/aromatic N) is 1. The highest BCUT2D eigenvalue weighted by Crippen LogP contribution is 2.39. The molecule has 2 aromatic carbocycles. The molecule has 0 aromatic heterocycles. The van der Waals surface area contributed by atoms with Gasteiger partial charge in [-0.1, -0.05) is 23.8 Å². The smallest absolute Gasteiger partial charge is 0.264 e. The van der Waals surface area contributed by atoms with E-state index in [2.05, 4.69) is 0 Å². The molecule has 0 amide bonds. The molecule has 0 N–H and O–H groups in total. The van der Waals surface area contributed by atoms with E-state index < -0.39 is 10.0 Å². The number of sulfonamides is 1. The lowest BCUT2D eigenvalue weighted by Crippen LogP contribution is -2.37. The maximum Gasteiger partial charge on any atom is 0.264 e. The minimum Gasteiger partial charge on any atom is -0.495 e. The highest BCUT2D eigenvalue weighted by Gasteiger charge is 2.34. The van der Waals surface area contributed by atoms with Gasteiger partial charge in [-0.2, -0.15) is 0 Å². The van der Waals surface area contributed by atoms with Gasteiger partial charge in [-0.3, -0.25) is 9.10 Å². The summed E-state index contributed by atoms with van der Waals surface area (Å²) in [7, 11) is -2.28. The molecule has 0 atom stereocenters. The van der Waals surface area contributed by atoms with Crippen molar-refractivity contribution in [1.29, 1.82) is 0 Å². The van der Waals surface area contributed by atoms with Gasteiger partial charge in [0.2, 0.25) is 0 Å². The van der Waals surface area contributed by atoms with E-state index in [1.807, 2.05) is 6.92 Å². The van der Waals surface area contributed by atoms with Crippen molar-refractivity contribution >= 4 is 21.5 Å². The van der Waals surface area contributed by atoms with Crippen LogP contribution in [-0.4, -0.2) is 27.9 Å². The average Bonchev–Trinajstić information content (AvgIpc) is 2.55. The Balaban J connectivity index is 2.17. The van der Waals surface area contributed by atoms with Crippen LogP contribution in [0.5, 0.6) is 5.75 Å². The summed E-state index contributed by atoms with van der Waals surface area (Å²) in [5, 5.41) is 0. The largest absolute Gasteiger partial charge is 0.495 e. The molecule has 6 heteroatoms. The van der Waals surface area contributed by atoms with Gasteiger partial charge in [0.1, 0.15) is 11.4 Å². The molecule has 0 fully saturated rings. The van der Waals surface area contributed by atoms with Crippen LogP contribution in [0.2, 0.25) is 0 Å². The lowest BCUT2D eigenvalue weighted by Gasteiger charge is -2.31. The van der Waals surface area contributed by atoms with Crippen molar-refractivity contribution in [2.75, 3.05) is 18.0 Å². The zero-order chi connectivity index (χ0) is 16.6. The topological polar surface area (TPSA) is 63.7 Å². The SMILES string of the molecule is COc1cccc2c1N(S(=O)(=O)c1ccc(C)cc1)CCC2=O. The van der Waals surface area contributed by atoms with Crippen LogP contribution >= 0.6 is 0 Å². The number of para-hydroxylation sites is 1. The number of hydrogen-bond acceptors (Lipinski definition) is 4. The molecule has 0 saturated heterocycles. The number of benzene rings is 2. The fraction of sp³-hybridized carbons (Fsp3) is 0.235. The van der Waals surface area contributed by atoms with Gasteiger partial charge in [0.05, 0.1) is 12.0 Å². The van der Waals surface area contributed by atoms with Crippen molar-refractivity contribution in [1.82, 2.24) is 0 Å². The van der Waals surface area contributed by atoms with Crippen molar-refractivity contribution in [3.05, 3.63) is 53.6 Å². The number of ketones is 1. The Kier molecular flexibility index (Phi) is 3.85. The van der Waals surface area contributed by atoms with Crippen LogP contribution in [0, 0.1) is 6.92 Å². The van der Waals surface area contributed by atoms with Crippen molar-refractivity contribution < 1.29 is 17.9 Å². The molecular weight excluding hydrogens is 314 g/mol. The third-order valence-electron chi connectivity index (χ3n) is 3.92. The van der Waals surface area contributed by atoms with Crippen molar-refractivity contribution in [2.24, 2.45) is 0 Å². The molecule has 1 aliphatic heterocycles. The molecule has 0 radical (unpaired) electrons. The van der Waals surface area contributed by atoms with Gasteiger partial charge >= 0.3 is 0 Å². The molecule has 1 aliphatic rings. The molecule has 0 bridgehead atoms. The summed E-state index contributed by atoms with van der Waals surface area (Å²) in [6.07, 6.45) is 0.158. The van der Waals surface area contributed by atoms with Gasteiger partial charge in [-0.25, -0.2) is 8.42 Å². The standard InChI is InChI=1S/C17H17NO4S/c1-12-6-8-13(9-7-12)23(20,21)18-11-10-15(19)14-4-3-5-16(22-2)17(14)18/h3-9H,10-11H2,1-2H3. The molecule has 23 heavy (non-hydrogen) atoms. The van der Waals surface area contributed by atoms with Gasteiger partial charge in [0, 0.05) is 18.5 Å². The van der Waals surface area contributed by atoms with E-state index in [1.54, 1.807) is 42.5 Å². The van der Waals surface area contributed by atoms with Crippen LogP contribution in [0.25, 0.3) is 0 Å². The number of methoxy groups -OCH3 is 1. The fourth-order valence-corrected chi connectivity index (χ4v) is 4.19. The summed E-state index contributed by atoms with van der Waals surface area (Å²) in [6, 6.07) is 11.7. The predicted molar refractivity (Wildman–Crippen MR) is 87.7 cm³/mol.